The molecule has 18 heavy (non-hydrogen) atoms. The van der Waals surface area contributed by atoms with Gasteiger partial charge in [-0.25, -0.2) is 4.79 Å². The van der Waals surface area contributed by atoms with Gasteiger partial charge in [0.1, 0.15) is 6.61 Å². The molecule has 0 aromatic heterocycles. The van der Waals surface area contributed by atoms with E-state index in [0.717, 1.165) is 12.5 Å². The zero-order chi connectivity index (χ0) is 12.8. The summed E-state index contributed by atoms with van der Waals surface area (Å²) in [5.74, 6) is 1.82. The molecule has 0 radical (unpaired) electrons. The van der Waals surface area contributed by atoms with Gasteiger partial charge in [0.15, 0.2) is 0 Å². The number of hydrogen-bond acceptors (Lipinski definition) is 4. The van der Waals surface area contributed by atoms with Crippen molar-refractivity contribution in [2.75, 3.05) is 20.3 Å². The third-order valence-electron chi connectivity index (χ3n) is 5.37. The van der Waals surface area contributed by atoms with Gasteiger partial charge < -0.3 is 15.2 Å². The molecule has 4 aliphatic rings. The number of carbonyl (C=O) groups is 1. The number of hydrogen-bond donors (Lipinski definition) is 1. The molecule has 4 saturated carbocycles. The molecule has 4 bridgehead atoms. The molecule has 4 heteroatoms. The molecule has 0 aromatic carbocycles. The third kappa shape index (κ3) is 1.95. The number of ether oxygens (including phenoxy) is 2. The van der Waals surface area contributed by atoms with Crippen molar-refractivity contribution in [2.45, 2.75) is 38.2 Å². The Labute approximate surface area is 108 Å². The maximum absolute atomic E-state index is 11.2. The number of methoxy groups -OCH3 is 1. The summed E-state index contributed by atoms with van der Waals surface area (Å²) in [5.41, 5.74) is 6.39. The van der Waals surface area contributed by atoms with Gasteiger partial charge in [-0.2, -0.15) is 0 Å². The molecule has 4 nitrogen and oxygen atoms in total. The van der Waals surface area contributed by atoms with Gasteiger partial charge in [0, 0.05) is 0 Å². The molecule has 2 atom stereocenters. The summed E-state index contributed by atoms with van der Waals surface area (Å²) in [7, 11) is 1.41. The maximum atomic E-state index is 11.2. The summed E-state index contributed by atoms with van der Waals surface area (Å²) in [6, 6.07) is 0. The second-order valence-corrected chi connectivity index (χ2v) is 6.53. The molecule has 2 N–H and O–H groups in total. The highest BCUT2D eigenvalue weighted by Gasteiger charge is 2.55. The number of esters is 1. The predicted octanol–water partition coefficient (Wildman–Crippen LogP) is 1.33. The lowest BCUT2D eigenvalue weighted by Gasteiger charge is -2.59. The molecule has 0 amide bonds. The highest BCUT2D eigenvalue weighted by atomic mass is 16.6. The average Bonchev–Trinajstić information content (AvgIpc) is 2.37. The maximum Gasteiger partial charge on any atom is 0.331 e. The minimum absolute atomic E-state index is 0.106. The van der Waals surface area contributed by atoms with Crippen LogP contribution in [0.4, 0.5) is 0 Å². The Hall–Kier alpha value is -0.610. The first kappa shape index (κ1) is 12.4. The van der Waals surface area contributed by atoms with E-state index >= 15 is 0 Å². The van der Waals surface area contributed by atoms with Crippen molar-refractivity contribution in [3.05, 3.63) is 0 Å². The molecule has 0 aliphatic heterocycles. The lowest BCUT2D eigenvalue weighted by Crippen LogP contribution is -2.56. The van der Waals surface area contributed by atoms with Crippen LogP contribution in [0.15, 0.2) is 0 Å². The Balaban J connectivity index is 1.67. The fraction of sp³-hybridized carbons (Fsp3) is 0.929. The SMILES string of the molecule is COC(=O)COC1C2CC3CC1CC(CN)(C3)C2. The van der Waals surface area contributed by atoms with Crippen LogP contribution in [0, 0.1) is 23.2 Å². The van der Waals surface area contributed by atoms with Crippen molar-refractivity contribution in [2.24, 2.45) is 28.9 Å². The standard InChI is InChI=1S/C14H23NO3/c1-17-12(16)7-18-13-10-2-9-3-11(13)6-14(4-9,5-10)8-15/h9-11,13H,2-8,15H2,1H3. The number of rotatable bonds is 4. The van der Waals surface area contributed by atoms with Crippen molar-refractivity contribution < 1.29 is 14.3 Å². The van der Waals surface area contributed by atoms with E-state index in [2.05, 4.69) is 4.74 Å². The van der Waals surface area contributed by atoms with Crippen LogP contribution < -0.4 is 5.73 Å². The van der Waals surface area contributed by atoms with Crippen LogP contribution >= 0.6 is 0 Å². The molecule has 4 aliphatic carbocycles. The van der Waals surface area contributed by atoms with E-state index in [4.69, 9.17) is 10.5 Å². The topological polar surface area (TPSA) is 61.5 Å². The van der Waals surface area contributed by atoms with Gasteiger partial charge in [-0.05, 0) is 61.8 Å². The smallest absolute Gasteiger partial charge is 0.331 e. The number of carbonyl (C=O) groups excluding carboxylic acids is 1. The van der Waals surface area contributed by atoms with E-state index in [1.165, 1.54) is 39.2 Å². The summed E-state index contributed by atoms with van der Waals surface area (Å²) in [6.45, 7) is 0.925. The Kier molecular flexibility index (Phi) is 3.10. The van der Waals surface area contributed by atoms with Crippen molar-refractivity contribution in [1.82, 2.24) is 0 Å². The predicted molar refractivity (Wildman–Crippen MR) is 66.8 cm³/mol. The summed E-state index contributed by atoms with van der Waals surface area (Å²) in [6.07, 6.45) is 6.51. The molecular formula is C14H23NO3. The minimum Gasteiger partial charge on any atom is -0.467 e. The van der Waals surface area contributed by atoms with E-state index in [1.807, 2.05) is 0 Å². The highest BCUT2D eigenvalue weighted by molar-refractivity contribution is 5.70. The Morgan fingerprint density at radius 2 is 1.94 bits per heavy atom. The lowest BCUT2D eigenvalue weighted by molar-refractivity contribution is -0.172. The summed E-state index contributed by atoms with van der Waals surface area (Å²) < 4.78 is 10.5. The normalized spacial score (nSPS) is 45.2. The monoisotopic (exact) mass is 253 g/mol. The van der Waals surface area contributed by atoms with Crippen LogP contribution in [0.1, 0.15) is 32.1 Å². The minimum atomic E-state index is -0.266. The second-order valence-electron chi connectivity index (χ2n) is 6.53. The molecule has 2 unspecified atom stereocenters. The van der Waals surface area contributed by atoms with E-state index < -0.39 is 0 Å². The van der Waals surface area contributed by atoms with Gasteiger partial charge >= 0.3 is 5.97 Å². The Morgan fingerprint density at radius 3 is 2.50 bits per heavy atom. The van der Waals surface area contributed by atoms with Gasteiger partial charge in [-0.1, -0.05) is 0 Å². The van der Waals surface area contributed by atoms with Crippen LogP contribution in [-0.4, -0.2) is 32.3 Å². The van der Waals surface area contributed by atoms with Crippen LogP contribution in [0.3, 0.4) is 0 Å². The van der Waals surface area contributed by atoms with Gasteiger partial charge in [-0.15, -0.1) is 0 Å². The van der Waals surface area contributed by atoms with E-state index in [9.17, 15) is 4.79 Å². The molecule has 4 fully saturated rings. The van der Waals surface area contributed by atoms with Crippen molar-refractivity contribution in [1.29, 1.82) is 0 Å². The fourth-order valence-corrected chi connectivity index (χ4v) is 4.89. The summed E-state index contributed by atoms with van der Waals surface area (Å²) in [4.78, 5) is 11.2. The molecular weight excluding hydrogens is 230 g/mol. The third-order valence-corrected chi connectivity index (χ3v) is 5.37. The summed E-state index contributed by atoms with van der Waals surface area (Å²) in [5, 5.41) is 0. The van der Waals surface area contributed by atoms with Crippen LogP contribution in [0.5, 0.6) is 0 Å². The average molecular weight is 253 g/mol. The van der Waals surface area contributed by atoms with Crippen LogP contribution in [0.2, 0.25) is 0 Å². The molecule has 0 heterocycles. The largest absolute Gasteiger partial charge is 0.467 e. The molecule has 0 saturated heterocycles. The first-order chi connectivity index (χ1) is 8.65. The van der Waals surface area contributed by atoms with Gasteiger partial charge in [0.2, 0.25) is 0 Å². The molecule has 4 rings (SSSR count). The quantitative estimate of drug-likeness (QED) is 0.768. The van der Waals surface area contributed by atoms with E-state index in [0.29, 0.717) is 17.3 Å². The second kappa shape index (κ2) is 4.49. The van der Waals surface area contributed by atoms with Gasteiger partial charge in [0.25, 0.3) is 0 Å². The zero-order valence-corrected chi connectivity index (χ0v) is 11.1. The highest BCUT2D eigenvalue weighted by Crippen LogP contribution is 2.60. The molecule has 0 spiro atoms. The molecule has 102 valence electrons. The Morgan fingerprint density at radius 1 is 1.28 bits per heavy atom. The fourth-order valence-electron chi connectivity index (χ4n) is 4.89. The van der Waals surface area contributed by atoms with Crippen molar-refractivity contribution in [3.8, 4) is 0 Å². The zero-order valence-electron chi connectivity index (χ0n) is 11.1. The first-order valence-corrected chi connectivity index (χ1v) is 7.04. The van der Waals surface area contributed by atoms with E-state index in [1.54, 1.807) is 0 Å². The number of nitrogens with two attached hydrogens (primary N) is 1. The van der Waals surface area contributed by atoms with Gasteiger partial charge in [-0.3, -0.25) is 0 Å². The van der Waals surface area contributed by atoms with Crippen molar-refractivity contribution in [3.63, 3.8) is 0 Å². The first-order valence-electron chi connectivity index (χ1n) is 7.04. The summed E-state index contributed by atoms with van der Waals surface area (Å²) >= 11 is 0. The molecule has 0 aromatic rings. The Bertz CT molecular complexity index is 328. The van der Waals surface area contributed by atoms with Crippen LogP contribution in [0.25, 0.3) is 0 Å². The van der Waals surface area contributed by atoms with E-state index in [-0.39, 0.29) is 18.7 Å². The van der Waals surface area contributed by atoms with Gasteiger partial charge in [0.05, 0.1) is 13.2 Å². The van der Waals surface area contributed by atoms with Crippen molar-refractivity contribution >= 4 is 5.97 Å². The van der Waals surface area contributed by atoms with Crippen LogP contribution in [-0.2, 0) is 14.3 Å². The lowest BCUT2D eigenvalue weighted by atomic mass is 9.48.